The summed E-state index contributed by atoms with van der Waals surface area (Å²) in [5, 5.41) is 14.9. The molecular weight excluding hydrogens is 268 g/mol. The second kappa shape index (κ2) is 7.45. The van der Waals surface area contributed by atoms with Crippen molar-refractivity contribution in [1.29, 1.82) is 0 Å². The summed E-state index contributed by atoms with van der Waals surface area (Å²) in [5.41, 5.74) is 0.159. The Morgan fingerprint density at radius 3 is 2.71 bits per heavy atom. The zero-order chi connectivity index (χ0) is 15.3. The Morgan fingerprint density at radius 1 is 1.38 bits per heavy atom. The van der Waals surface area contributed by atoms with Gasteiger partial charge in [0.05, 0.1) is 6.10 Å². The smallest absolute Gasteiger partial charge is 0.315 e. The predicted octanol–water partition coefficient (Wildman–Crippen LogP) is 2.18. The molecule has 122 valence electrons. The van der Waals surface area contributed by atoms with Crippen molar-refractivity contribution in [2.75, 3.05) is 13.2 Å². The zero-order valence-electron chi connectivity index (χ0n) is 13.4. The molecule has 2 amide bonds. The van der Waals surface area contributed by atoms with Crippen molar-refractivity contribution in [1.82, 2.24) is 10.6 Å². The maximum Gasteiger partial charge on any atom is 0.315 e. The minimum absolute atomic E-state index is 0.0000658. The van der Waals surface area contributed by atoms with Crippen LogP contribution < -0.4 is 10.6 Å². The first kappa shape index (κ1) is 16.6. The van der Waals surface area contributed by atoms with Gasteiger partial charge in [0.1, 0.15) is 0 Å². The Morgan fingerprint density at radius 2 is 2.10 bits per heavy atom. The number of hydrogen-bond donors (Lipinski definition) is 3. The Bertz CT molecular complexity index is 342. The maximum absolute atomic E-state index is 12.1. The molecule has 0 bridgehead atoms. The highest BCUT2D eigenvalue weighted by Gasteiger charge is 2.56. The molecule has 0 aromatic heterocycles. The van der Waals surface area contributed by atoms with Gasteiger partial charge in [-0.2, -0.15) is 0 Å². The standard InChI is InChI=1S/C16H30N2O3/c1-3-21-14-11-13(16(14)8-5-4-6-9-16)18-15(20)17-12(2)7-10-19/h12-14,19H,3-11H2,1-2H3,(H2,17,18,20)/t12-,13?,14?/m1/s1. The fraction of sp³-hybridized carbons (Fsp3) is 0.938. The summed E-state index contributed by atoms with van der Waals surface area (Å²) < 4.78 is 5.90. The number of aliphatic hydroxyl groups is 1. The van der Waals surface area contributed by atoms with Crippen LogP contribution in [-0.2, 0) is 4.74 Å². The third kappa shape index (κ3) is 3.69. The molecule has 0 heterocycles. The van der Waals surface area contributed by atoms with E-state index in [-0.39, 0.29) is 30.1 Å². The van der Waals surface area contributed by atoms with Gasteiger partial charge in [-0.05, 0) is 39.5 Å². The van der Waals surface area contributed by atoms with E-state index >= 15 is 0 Å². The van der Waals surface area contributed by atoms with E-state index in [0.717, 1.165) is 25.9 Å². The first-order valence-corrected chi connectivity index (χ1v) is 8.42. The van der Waals surface area contributed by atoms with E-state index in [1.165, 1.54) is 19.3 Å². The van der Waals surface area contributed by atoms with Gasteiger partial charge < -0.3 is 20.5 Å². The predicted molar refractivity (Wildman–Crippen MR) is 82.2 cm³/mol. The SMILES string of the molecule is CCOC1CC(NC(=O)N[C@H](C)CCO)C12CCCCC2. The number of urea groups is 1. The summed E-state index contributed by atoms with van der Waals surface area (Å²) in [5.74, 6) is 0. The number of carbonyl (C=O) groups is 1. The fourth-order valence-corrected chi connectivity index (χ4v) is 3.96. The Labute approximate surface area is 127 Å². The molecule has 5 heteroatoms. The second-order valence-electron chi connectivity index (χ2n) is 6.56. The lowest BCUT2D eigenvalue weighted by Gasteiger charge is -2.57. The largest absolute Gasteiger partial charge is 0.396 e. The van der Waals surface area contributed by atoms with Gasteiger partial charge in [-0.3, -0.25) is 0 Å². The number of ether oxygens (including phenoxy) is 1. The molecule has 2 fully saturated rings. The van der Waals surface area contributed by atoms with Gasteiger partial charge in [0.25, 0.3) is 0 Å². The van der Waals surface area contributed by atoms with Crippen molar-refractivity contribution >= 4 is 6.03 Å². The van der Waals surface area contributed by atoms with Crippen molar-refractivity contribution in [2.45, 2.75) is 77.0 Å². The number of amides is 2. The Balaban J connectivity index is 1.89. The lowest BCUT2D eigenvalue weighted by atomic mass is 9.55. The number of carbonyl (C=O) groups excluding carboxylic acids is 1. The third-order valence-corrected chi connectivity index (χ3v) is 5.18. The van der Waals surface area contributed by atoms with Gasteiger partial charge in [-0.25, -0.2) is 4.79 Å². The van der Waals surface area contributed by atoms with Crippen LogP contribution in [0.25, 0.3) is 0 Å². The van der Waals surface area contributed by atoms with E-state index in [2.05, 4.69) is 10.6 Å². The van der Waals surface area contributed by atoms with Crippen LogP contribution >= 0.6 is 0 Å². The number of aliphatic hydroxyl groups excluding tert-OH is 1. The average Bonchev–Trinajstić information content (AvgIpc) is 2.47. The molecule has 0 saturated heterocycles. The molecule has 21 heavy (non-hydrogen) atoms. The summed E-state index contributed by atoms with van der Waals surface area (Å²) in [6.07, 6.45) is 7.93. The van der Waals surface area contributed by atoms with Gasteiger partial charge in [0.15, 0.2) is 0 Å². The highest BCUT2D eigenvalue weighted by Crippen LogP contribution is 2.53. The minimum atomic E-state index is -0.110. The van der Waals surface area contributed by atoms with Crippen molar-refractivity contribution in [2.24, 2.45) is 5.41 Å². The monoisotopic (exact) mass is 298 g/mol. The number of rotatable bonds is 6. The fourth-order valence-electron chi connectivity index (χ4n) is 3.96. The summed E-state index contributed by atoms with van der Waals surface area (Å²) >= 11 is 0. The van der Waals surface area contributed by atoms with Crippen molar-refractivity contribution in [3.05, 3.63) is 0 Å². The zero-order valence-corrected chi connectivity index (χ0v) is 13.4. The van der Waals surface area contributed by atoms with Gasteiger partial charge in [0, 0.05) is 30.7 Å². The molecule has 5 nitrogen and oxygen atoms in total. The molecule has 0 aromatic rings. The molecular formula is C16H30N2O3. The molecule has 0 aliphatic heterocycles. The summed E-state index contributed by atoms with van der Waals surface area (Å²) in [7, 11) is 0. The van der Waals surface area contributed by atoms with Crippen molar-refractivity contribution in [3.63, 3.8) is 0 Å². The molecule has 2 saturated carbocycles. The highest BCUT2D eigenvalue weighted by atomic mass is 16.5. The van der Waals surface area contributed by atoms with Crippen LogP contribution in [0.1, 0.15) is 58.8 Å². The maximum atomic E-state index is 12.1. The Hall–Kier alpha value is -0.810. The first-order chi connectivity index (χ1) is 10.1. The lowest BCUT2D eigenvalue weighted by Crippen LogP contribution is -2.66. The van der Waals surface area contributed by atoms with E-state index < -0.39 is 0 Å². The van der Waals surface area contributed by atoms with E-state index in [4.69, 9.17) is 9.84 Å². The quantitative estimate of drug-likeness (QED) is 0.704. The number of hydrogen-bond acceptors (Lipinski definition) is 3. The summed E-state index contributed by atoms with van der Waals surface area (Å²) in [4.78, 5) is 12.1. The van der Waals surface area contributed by atoms with Crippen LogP contribution in [0.15, 0.2) is 0 Å². The molecule has 3 N–H and O–H groups in total. The van der Waals surface area contributed by atoms with Crippen LogP contribution in [0.5, 0.6) is 0 Å². The average molecular weight is 298 g/mol. The first-order valence-electron chi connectivity index (χ1n) is 8.42. The van der Waals surface area contributed by atoms with E-state index in [1.807, 2.05) is 13.8 Å². The topological polar surface area (TPSA) is 70.6 Å². The van der Waals surface area contributed by atoms with Crippen LogP contribution in [0.2, 0.25) is 0 Å². The van der Waals surface area contributed by atoms with Crippen molar-refractivity contribution in [3.8, 4) is 0 Å². The van der Waals surface area contributed by atoms with E-state index in [9.17, 15) is 4.79 Å². The molecule has 3 atom stereocenters. The highest BCUT2D eigenvalue weighted by molar-refractivity contribution is 5.74. The minimum Gasteiger partial charge on any atom is -0.396 e. The normalized spacial score (nSPS) is 28.7. The number of nitrogens with one attached hydrogen (secondary N) is 2. The molecule has 1 spiro atoms. The lowest BCUT2D eigenvalue weighted by molar-refractivity contribution is -0.146. The summed E-state index contributed by atoms with van der Waals surface area (Å²) in [6.45, 7) is 4.80. The molecule has 2 rings (SSSR count). The van der Waals surface area contributed by atoms with Gasteiger partial charge >= 0.3 is 6.03 Å². The molecule has 2 aliphatic rings. The van der Waals surface area contributed by atoms with Gasteiger partial charge in [-0.1, -0.05) is 19.3 Å². The summed E-state index contributed by atoms with van der Waals surface area (Å²) in [6, 6.07) is 0.122. The van der Waals surface area contributed by atoms with E-state index in [0.29, 0.717) is 12.5 Å². The third-order valence-electron chi connectivity index (χ3n) is 5.18. The molecule has 2 aliphatic carbocycles. The molecule has 2 unspecified atom stereocenters. The Kier molecular flexibility index (Phi) is 5.88. The van der Waals surface area contributed by atoms with Crippen LogP contribution in [0.3, 0.4) is 0 Å². The second-order valence-corrected chi connectivity index (χ2v) is 6.56. The molecule has 0 radical (unpaired) electrons. The van der Waals surface area contributed by atoms with E-state index in [1.54, 1.807) is 0 Å². The van der Waals surface area contributed by atoms with Crippen molar-refractivity contribution < 1.29 is 14.6 Å². The van der Waals surface area contributed by atoms with Gasteiger partial charge in [-0.15, -0.1) is 0 Å². The van der Waals surface area contributed by atoms with Crippen LogP contribution in [0, 0.1) is 5.41 Å². The van der Waals surface area contributed by atoms with Crippen LogP contribution in [0.4, 0.5) is 4.79 Å². The molecule has 0 aromatic carbocycles. The van der Waals surface area contributed by atoms with Crippen LogP contribution in [-0.4, -0.2) is 42.5 Å². The van der Waals surface area contributed by atoms with Gasteiger partial charge in [0.2, 0.25) is 0 Å².